The van der Waals surface area contributed by atoms with E-state index in [-0.39, 0.29) is 66.1 Å². The molecule has 0 bridgehead atoms. The third-order valence-electron chi connectivity index (χ3n) is 17.0. The molecule has 490 valence electrons. The van der Waals surface area contributed by atoms with Gasteiger partial charge >= 0.3 is 23.9 Å². The summed E-state index contributed by atoms with van der Waals surface area (Å²) in [6.45, 7) is 5.69. The van der Waals surface area contributed by atoms with Crippen LogP contribution in [0.25, 0.3) is 21.5 Å². The molecule has 0 aliphatic carbocycles. The van der Waals surface area contributed by atoms with Crippen LogP contribution in [0.2, 0.25) is 0 Å². The highest BCUT2D eigenvalue weighted by molar-refractivity contribution is 7.72. The number of nitrogens with zero attached hydrogens (tertiary/aromatic N) is 4. The number of benzene rings is 7. The molecule has 11 rings (SSSR count). The Morgan fingerprint density at radius 1 is 0.312 bits per heavy atom. The van der Waals surface area contributed by atoms with E-state index in [1.807, 2.05) is 0 Å². The maximum atomic E-state index is 16.1. The van der Waals surface area contributed by atoms with E-state index in [1.165, 1.54) is 95.0 Å². The van der Waals surface area contributed by atoms with Crippen LogP contribution in [-0.2, 0) is 38.1 Å². The number of aromatic nitrogens is 4. The Kier molecular flexibility index (Phi) is 19.1. The summed E-state index contributed by atoms with van der Waals surface area (Å²) in [6, 6.07) is 39.6. The molecule has 2 aliphatic heterocycles. The van der Waals surface area contributed by atoms with Crippen LogP contribution < -0.4 is 54.1 Å². The summed E-state index contributed by atoms with van der Waals surface area (Å²) in [5, 5.41) is 11.5. The first-order valence-corrected chi connectivity index (χ1v) is 33.2. The molecule has 2 aliphatic rings. The molecule has 0 saturated carbocycles. The number of nitrogens with one attached hydrogen (secondary N) is 4. The summed E-state index contributed by atoms with van der Waals surface area (Å²) < 4.78 is 25.1. The second kappa shape index (κ2) is 27.5. The Bertz CT molecular complexity index is 4360. The van der Waals surface area contributed by atoms with Gasteiger partial charge in [-0.1, -0.05) is 121 Å². The van der Waals surface area contributed by atoms with Gasteiger partial charge in [-0.3, -0.25) is 38.4 Å². The second-order valence-corrected chi connectivity index (χ2v) is 27.3. The molecule has 96 heavy (non-hydrogen) atoms. The zero-order valence-electron chi connectivity index (χ0n) is 53.0. The van der Waals surface area contributed by atoms with Crippen molar-refractivity contribution in [3.63, 3.8) is 0 Å². The highest BCUT2D eigenvalue weighted by Gasteiger charge is 2.53. The van der Waals surface area contributed by atoms with Crippen molar-refractivity contribution in [2.24, 2.45) is 0 Å². The number of methoxy groups -OCH3 is 4. The van der Waals surface area contributed by atoms with E-state index in [4.69, 9.17) is 18.9 Å². The van der Waals surface area contributed by atoms with Crippen molar-refractivity contribution in [3.8, 4) is 0 Å². The maximum Gasteiger partial charge on any atom is 0.328 e. The van der Waals surface area contributed by atoms with Crippen LogP contribution in [0.5, 0.6) is 0 Å². The lowest BCUT2D eigenvalue weighted by Crippen LogP contribution is -2.41. The first-order chi connectivity index (χ1) is 46.2. The SMILES string of the molecule is COC(=O)[C@H](C)NC(=O)c1ccccc1[C@H]1n2c(=O)c3ccccc3c(=O)n2[C@H](c2ccccc2C(=O)N[C@@H](C)C(=O)OC)P1c1ccccc1P1[C@@H](c2ccccc2C(=O)N[C@@H](C)C(=O)OC)n2c(=O)c3ccccc3c(=O)n2[C@@H]1c1ccccc1C(=O)N[C@@H](C)C(=O)OC. The number of ether oxygens (including phenoxy) is 4. The molecule has 0 unspecified atom stereocenters. The summed E-state index contributed by atoms with van der Waals surface area (Å²) >= 11 is 0. The Morgan fingerprint density at radius 3 is 0.708 bits per heavy atom. The molecule has 0 saturated heterocycles. The Labute approximate surface area is 549 Å². The van der Waals surface area contributed by atoms with Gasteiger partial charge in [0.25, 0.3) is 45.9 Å². The van der Waals surface area contributed by atoms with Gasteiger partial charge in [0.1, 0.15) is 47.3 Å². The fourth-order valence-corrected chi connectivity index (χ4v) is 19.9. The standard InChI is InChI=1S/C70H64N8O16P2/c1-37(67(87)91-5)71-55(79)41-23-9-17-31-49(41)63-75-59(83)45-27-13-14-28-46(45)60(84)76(75)64(50-32-18-10-24-42(50)56(80)72-38(2)68(88)92-6)95(63)53-35-21-22-36-54(53)96-65(51-33-19-11-25-43(51)57(81)73-39(3)69(89)93-7)77-61(85)47-29-15-16-30-48(47)62(86)78(77)66(96)52-34-20-12-26-44(52)58(82)74-40(4)70(90)94-8/h9-40,63-66H,1-8H3,(H,71,79)(H,72,80)(H,73,81)(H,74,82)/t37-,38-,39-,40-,63-,64-,65-,66-/m0/s1. The van der Waals surface area contributed by atoms with Crippen LogP contribution in [-0.4, -0.2) is 119 Å². The zero-order chi connectivity index (χ0) is 68.5. The third kappa shape index (κ3) is 11.8. The molecule has 9 aromatic rings. The molecule has 4 heterocycles. The van der Waals surface area contributed by atoms with Crippen LogP contribution >= 0.6 is 15.8 Å². The van der Waals surface area contributed by atoms with Crippen molar-refractivity contribution in [2.45, 2.75) is 75.0 Å². The number of hydrogen-bond donors (Lipinski definition) is 4. The van der Waals surface area contributed by atoms with Crippen LogP contribution in [0, 0.1) is 0 Å². The molecule has 7 aromatic carbocycles. The monoisotopic (exact) mass is 1330 g/mol. The number of carbonyl (C=O) groups is 8. The molecule has 24 nitrogen and oxygen atoms in total. The lowest BCUT2D eigenvalue weighted by Gasteiger charge is -2.33. The Morgan fingerprint density at radius 2 is 0.500 bits per heavy atom. The normalized spacial score (nSPS) is 17.0. The third-order valence-corrected chi connectivity index (χ3v) is 23.2. The summed E-state index contributed by atoms with van der Waals surface area (Å²) in [5.74, 6) is -11.9. The van der Waals surface area contributed by atoms with Gasteiger partial charge in [-0.15, -0.1) is 0 Å². The summed E-state index contributed by atoms with van der Waals surface area (Å²) in [6.07, 6.45) is 0. The zero-order valence-corrected chi connectivity index (χ0v) is 54.8. The van der Waals surface area contributed by atoms with Gasteiger partial charge in [0.15, 0.2) is 0 Å². The van der Waals surface area contributed by atoms with Crippen LogP contribution in [0.4, 0.5) is 0 Å². The molecule has 0 radical (unpaired) electrons. The number of carbonyl (C=O) groups excluding carboxylic acids is 8. The van der Waals surface area contributed by atoms with E-state index in [1.54, 1.807) is 121 Å². The highest BCUT2D eigenvalue weighted by atomic mass is 31.1. The van der Waals surface area contributed by atoms with E-state index >= 15 is 38.4 Å². The average Bonchev–Trinajstić information content (AvgIpc) is 1.54. The van der Waals surface area contributed by atoms with E-state index in [0.29, 0.717) is 10.6 Å². The number of hydrogen-bond acceptors (Lipinski definition) is 16. The molecule has 4 N–H and O–H groups in total. The molecule has 2 aromatic heterocycles. The number of fused-ring (bicyclic) bond motifs is 4. The molecule has 26 heteroatoms. The van der Waals surface area contributed by atoms with Gasteiger partial charge in [-0.25, -0.2) is 37.9 Å². The quantitative estimate of drug-likeness (QED) is 0.0459. The molecule has 4 amide bonds. The van der Waals surface area contributed by atoms with Gasteiger partial charge in [-0.2, -0.15) is 0 Å². The maximum absolute atomic E-state index is 16.1. The minimum absolute atomic E-state index is 0.0128. The first-order valence-electron chi connectivity index (χ1n) is 30.3. The minimum Gasteiger partial charge on any atom is -0.467 e. The molecular formula is C70H64N8O16P2. The molecule has 0 spiro atoms. The van der Waals surface area contributed by atoms with Crippen LogP contribution in [0.3, 0.4) is 0 Å². The van der Waals surface area contributed by atoms with Gasteiger partial charge in [-0.05, 0) is 125 Å². The van der Waals surface area contributed by atoms with E-state index in [2.05, 4.69) is 21.3 Å². The predicted molar refractivity (Wildman–Crippen MR) is 359 cm³/mol. The average molecular weight is 1340 g/mol. The van der Waals surface area contributed by atoms with Gasteiger partial charge in [0.2, 0.25) is 0 Å². The van der Waals surface area contributed by atoms with Crippen LogP contribution in [0.1, 0.15) is 115 Å². The van der Waals surface area contributed by atoms with Gasteiger partial charge < -0.3 is 40.2 Å². The minimum atomic E-state index is -2.55. The smallest absolute Gasteiger partial charge is 0.328 e. The van der Waals surface area contributed by atoms with E-state index < -0.39 is 133 Å². The van der Waals surface area contributed by atoms with Crippen molar-refractivity contribution in [1.82, 2.24) is 40.0 Å². The summed E-state index contributed by atoms with van der Waals surface area (Å²) in [7, 11) is -0.455. The topological polar surface area (TPSA) is 310 Å². The van der Waals surface area contributed by atoms with E-state index in [0.717, 1.165) is 28.4 Å². The lowest BCUT2D eigenvalue weighted by molar-refractivity contribution is -0.143. The lowest BCUT2D eigenvalue weighted by atomic mass is 10.1. The largest absolute Gasteiger partial charge is 0.467 e. The van der Waals surface area contributed by atoms with Crippen molar-refractivity contribution in [3.05, 3.63) is 256 Å². The van der Waals surface area contributed by atoms with Crippen molar-refractivity contribution < 1.29 is 57.3 Å². The molecule has 8 atom stereocenters. The predicted octanol–water partition coefficient (Wildman–Crippen LogP) is 5.63. The van der Waals surface area contributed by atoms with Gasteiger partial charge in [0.05, 0.1) is 50.0 Å². The fourth-order valence-electron chi connectivity index (χ4n) is 12.6. The summed E-state index contributed by atoms with van der Waals surface area (Å²) in [4.78, 5) is 177. The van der Waals surface area contributed by atoms with Crippen molar-refractivity contribution in [2.75, 3.05) is 28.4 Å². The van der Waals surface area contributed by atoms with Gasteiger partial charge in [0, 0.05) is 22.3 Å². The number of esters is 4. The fraction of sp³-hybridized carbons (Fsp3) is 0.229. The van der Waals surface area contributed by atoms with E-state index in [9.17, 15) is 19.2 Å². The first kappa shape index (κ1) is 66.5. The van der Waals surface area contributed by atoms with Crippen molar-refractivity contribution >= 4 is 95.5 Å². The van der Waals surface area contributed by atoms with Crippen molar-refractivity contribution in [1.29, 1.82) is 0 Å². The summed E-state index contributed by atoms with van der Waals surface area (Å²) in [5.41, 5.74) is -2.42. The Hall–Kier alpha value is -11.0. The number of amides is 4. The second-order valence-electron chi connectivity index (χ2n) is 22.7. The highest BCUT2D eigenvalue weighted by Crippen LogP contribution is 2.70. The number of rotatable bonds is 18. The molecular weight excluding hydrogens is 1270 g/mol. The Balaban J connectivity index is 1.31. The molecule has 0 fully saturated rings. The van der Waals surface area contributed by atoms with Crippen LogP contribution in [0.15, 0.2) is 189 Å².